The number of pyridine rings is 1. The van der Waals surface area contributed by atoms with E-state index >= 15 is 0 Å². The molecule has 0 atom stereocenters. The van der Waals surface area contributed by atoms with E-state index in [1.54, 1.807) is 17.3 Å². The molecule has 1 amide bonds. The van der Waals surface area contributed by atoms with Gasteiger partial charge in [0.15, 0.2) is 17.3 Å². The van der Waals surface area contributed by atoms with Gasteiger partial charge in [0.25, 0.3) is 11.6 Å². The predicted molar refractivity (Wildman–Crippen MR) is 120 cm³/mol. The summed E-state index contributed by atoms with van der Waals surface area (Å²) < 4.78 is 10.4. The van der Waals surface area contributed by atoms with Crippen LogP contribution < -0.4 is 14.4 Å². The van der Waals surface area contributed by atoms with Crippen molar-refractivity contribution in [3.63, 3.8) is 0 Å². The van der Waals surface area contributed by atoms with Gasteiger partial charge in [-0.1, -0.05) is 0 Å². The fraction of sp³-hybridized carbons (Fsp3) is 0.273. The van der Waals surface area contributed by atoms with Crippen LogP contribution in [-0.4, -0.2) is 71.3 Å². The van der Waals surface area contributed by atoms with Gasteiger partial charge in [0.05, 0.1) is 30.9 Å². The fourth-order valence-electron chi connectivity index (χ4n) is 3.67. The zero-order chi connectivity index (χ0) is 23.4. The summed E-state index contributed by atoms with van der Waals surface area (Å²) in [5.74, 6) is 0.729. The van der Waals surface area contributed by atoms with Gasteiger partial charge >= 0.3 is 0 Å². The normalized spacial score (nSPS) is 13.5. The van der Waals surface area contributed by atoms with Crippen molar-refractivity contribution in [2.45, 2.75) is 0 Å². The van der Waals surface area contributed by atoms with Gasteiger partial charge in [-0.15, -0.1) is 10.2 Å². The van der Waals surface area contributed by atoms with Crippen LogP contribution in [-0.2, 0) is 0 Å². The largest absolute Gasteiger partial charge is 0.493 e. The van der Waals surface area contributed by atoms with Crippen LogP contribution in [0.25, 0.3) is 11.3 Å². The van der Waals surface area contributed by atoms with Gasteiger partial charge in [0.2, 0.25) is 0 Å². The van der Waals surface area contributed by atoms with Crippen molar-refractivity contribution >= 4 is 17.4 Å². The molecule has 33 heavy (non-hydrogen) atoms. The van der Waals surface area contributed by atoms with Crippen LogP contribution in [0, 0.1) is 10.1 Å². The summed E-state index contributed by atoms with van der Waals surface area (Å²) in [6.45, 7) is 1.82. The van der Waals surface area contributed by atoms with Crippen molar-refractivity contribution < 1.29 is 19.2 Å². The van der Waals surface area contributed by atoms with E-state index in [2.05, 4.69) is 15.2 Å². The number of carbonyl (C=O) groups is 1. The Morgan fingerprint density at radius 3 is 2.21 bits per heavy atom. The first-order chi connectivity index (χ1) is 16.0. The van der Waals surface area contributed by atoms with Crippen LogP contribution in [0.1, 0.15) is 10.4 Å². The highest BCUT2D eigenvalue weighted by Crippen LogP contribution is 2.35. The SMILES string of the molecule is COc1cc(C(=O)N2CCN(c3ccc(-c4ccncc4)nn3)CC2)c([N+](=O)[O-])cc1OC. The van der Waals surface area contributed by atoms with Gasteiger partial charge < -0.3 is 19.3 Å². The third-order valence-electron chi connectivity index (χ3n) is 5.45. The minimum Gasteiger partial charge on any atom is -0.493 e. The zero-order valence-electron chi connectivity index (χ0n) is 18.2. The molecular formula is C22H22N6O5. The molecule has 3 aromatic rings. The third-order valence-corrected chi connectivity index (χ3v) is 5.45. The highest BCUT2D eigenvalue weighted by molar-refractivity contribution is 5.99. The maximum atomic E-state index is 13.1. The molecule has 2 aromatic heterocycles. The molecule has 11 nitrogen and oxygen atoms in total. The number of ether oxygens (including phenoxy) is 2. The monoisotopic (exact) mass is 450 g/mol. The summed E-state index contributed by atoms with van der Waals surface area (Å²) in [4.78, 5) is 31.7. The van der Waals surface area contributed by atoms with Crippen molar-refractivity contribution in [3.8, 4) is 22.8 Å². The molecule has 3 heterocycles. The third kappa shape index (κ3) is 4.52. The number of hydrogen-bond donors (Lipinski definition) is 0. The van der Waals surface area contributed by atoms with E-state index in [0.717, 1.165) is 11.3 Å². The first kappa shape index (κ1) is 21.9. The molecule has 170 valence electrons. The number of anilines is 1. The maximum Gasteiger partial charge on any atom is 0.286 e. The summed E-state index contributed by atoms with van der Waals surface area (Å²) in [5, 5.41) is 20.2. The van der Waals surface area contributed by atoms with Gasteiger partial charge in [-0.25, -0.2) is 0 Å². The second-order valence-corrected chi connectivity index (χ2v) is 7.27. The molecule has 1 aliphatic rings. The molecule has 0 bridgehead atoms. The second kappa shape index (κ2) is 9.47. The number of nitrogens with zero attached hydrogens (tertiary/aromatic N) is 6. The molecular weight excluding hydrogens is 428 g/mol. The number of nitro groups is 1. The summed E-state index contributed by atoms with van der Waals surface area (Å²) in [6, 6.07) is 10.1. The number of piperazine rings is 1. The number of carbonyl (C=O) groups excluding carboxylic acids is 1. The highest BCUT2D eigenvalue weighted by Gasteiger charge is 2.30. The van der Waals surface area contributed by atoms with E-state index in [1.807, 2.05) is 29.2 Å². The molecule has 11 heteroatoms. The topological polar surface area (TPSA) is 124 Å². The van der Waals surface area contributed by atoms with Crippen LogP contribution >= 0.6 is 0 Å². The molecule has 4 rings (SSSR count). The standard InChI is InChI=1S/C22H22N6O5/c1-32-19-13-16(18(28(30)31)14-20(19)33-2)22(29)27-11-9-26(10-12-27)21-4-3-17(24-25-21)15-5-7-23-8-6-15/h3-8,13-14H,9-12H2,1-2H3. The number of rotatable bonds is 6. The minimum absolute atomic E-state index is 0.0346. The second-order valence-electron chi connectivity index (χ2n) is 7.27. The van der Waals surface area contributed by atoms with Gasteiger partial charge in [0, 0.05) is 50.2 Å². The Labute approximate surface area is 189 Å². The Morgan fingerprint density at radius 1 is 0.970 bits per heavy atom. The quantitative estimate of drug-likeness (QED) is 0.411. The van der Waals surface area contributed by atoms with Crippen molar-refractivity contribution in [3.05, 3.63) is 64.5 Å². The van der Waals surface area contributed by atoms with E-state index < -0.39 is 10.8 Å². The molecule has 1 saturated heterocycles. The fourth-order valence-corrected chi connectivity index (χ4v) is 3.67. The number of hydrogen-bond acceptors (Lipinski definition) is 9. The number of nitro benzene ring substituents is 1. The van der Waals surface area contributed by atoms with Crippen molar-refractivity contribution in [2.24, 2.45) is 0 Å². The number of methoxy groups -OCH3 is 2. The Balaban J connectivity index is 1.47. The summed E-state index contributed by atoms with van der Waals surface area (Å²) in [5.41, 5.74) is 1.32. The molecule has 1 aromatic carbocycles. The van der Waals surface area contributed by atoms with E-state index in [-0.39, 0.29) is 22.7 Å². The lowest BCUT2D eigenvalue weighted by molar-refractivity contribution is -0.385. The smallest absolute Gasteiger partial charge is 0.286 e. The number of benzene rings is 1. The molecule has 0 aliphatic carbocycles. The van der Waals surface area contributed by atoms with Crippen LogP contribution in [0.3, 0.4) is 0 Å². The lowest BCUT2D eigenvalue weighted by Crippen LogP contribution is -2.49. The first-order valence-electron chi connectivity index (χ1n) is 10.2. The molecule has 0 unspecified atom stereocenters. The van der Waals surface area contributed by atoms with Crippen molar-refractivity contribution in [2.75, 3.05) is 45.3 Å². The lowest BCUT2D eigenvalue weighted by atomic mass is 10.1. The van der Waals surface area contributed by atoms with E-state index in [1.165, 1.54) is 26.4 Å². The van der Waals surface area contributed by atoms with Gasteiger partial charge in [-0.3, -0.25) is 19.9 Å². The summed E-state index contributed by atoms with van der Waals surface area (Å²) in [6.07, 6.45) is 3.40. The molecule has 1 aliphatic heterocycles. The summed E-state index contributed by atoms with van der Waals surface area (Å²) >= 11 is 0. The average Bonchev–Trinajstić information content (AvgIpc) is 2.88. The minimum atomic E-state index is -0.592. The van der Waals surface area contributed by atoms with E-state index in [9.17, 15) is 14.9 Å². The van der Waals surface area contributed by atoms with Crippen molar-refractivity contribution in [1.29, 1.82) is 0 Å². The molecule has 0 radical (unpaired) electrons. The zero-order valence-corrected chi connectivity index (χ0v) is 18.2. The van der Waals surface area contributed by atoms with Crippen LogP contribution in [0.15, 0.2) is 48.8 Å². The molecule has 0 saturated carbocycles. The van der Waals surface area contributed by atoms with E-state index in [4.69, 9.17) is 9.47 Å². The summed E-state index contributed by atoms with van der Waals surface area (Å²) in [7, 11) is 2.80. The Kier molecular flexibility index (Phi) is 6.29. The molecule has 0 N–H and O–H groups in total. The van der Waals surface area contributed by atoms with Gasteiger partial charge in [-0.05, 0) is 24.3 Å². The molecule has 0 spiro atoms. The van der Waals surface area contributed by atoms with Gasteiger partial charge in [-0.2, -0.15) is 0 Å². The average molecular weight is 450 g/mol. The Bertz CT molecular complexity index is 1150. The van der Waals surface area contributed by atoms with Crippen LogP contribution in [0.5, 0.6) is 11.5 Å². The Morgan fingerprint density at radius 2 is 1.64 bits per heavy atom. The highest BCUT2D eigenvalue weighted by atomic mass is 16.6. The maximum absolute atomic E-state index is 13.1. The Hall–Kier alpha value is -4.28. The lowest BCUT2D eigenvalue weighted by Gasteiger charge is -2.35. The predicted octanol–water partition coefficient (Wildman–Crippen LogP) is 2.43. The molecule has 1 fully saturated rings. The van der Waals surface area contributed by atoms with Crippen molar-refractivity contribution in [1.82, 2.24) is 20.1 Å². The van der Waals surface area contributed by atoms with Crippen LogP contribution in [0.4, 0.5) is 11.5 Å². The van der Waals surface area contributed by atoms with E-state index in [0.29, 0.717) is 32.0 Å². The number of amides is 1. The number of aromatic nitrogens is 3. The van der Waals surface area contributed by atoms with Gasteiger partial charge in [0.1, 0.15) is 5.56 Å². The first-order valence-corrected chi connectivity index (χ1v) is 10.2. The van der Waals surface area contributed by atoms with Crippen LogP contribution in [0.2, 0.25) is 0 Å².